The van der Waals surface area contributed by atoms with Crippen molar-refractivity contribution in [2.75, 3.05) is 13.2 Å². The summed E-state index contributed by atoms with van der Waals surface area (Å²) in [6.45, 7) is 4.89. The third-order valence-corrected chi connectivity index (χ3v) is 3.71. The van der Waals surface area contributed by atoms with Crippen LogP contribution in [0.2, 0.25) is 0 Å². The van der Waals surface area contributed by atoms with Gasteiger partial charge in [-0.15, -0.1) is 0 Å². The molecule has 4 nitrogen and oxygen atoms in total. The molecule has 1 aromatic heterocycles. The molecule has 92 valence electrons. The lowest BCUT2D eigenvalue weighted by molar-refractivity contribution is 0.0747. The Morgan fingerprint density at radius 3 is 2.62 bits per heavy atom. The van der Waals surface area contributed by atoms with Crippen molar-refractivity contribution >= 4 is 0 Å². The lowest BCUT2D eigenvalue weighted by atomic mass is 9.74. The number of aliphatic hydroxyl groups is 1. The van der Waals surface area contributed by atoms with Crippen LogP contribution in [-0.2, 0) is 13.5 Å². The summed E-state index contributed by atoms with van der Waals surface area (Å²) in [5, 5.41) is 9.54. The zero-order valence-corrected chi connectivity index (χ0v) is 10.5. The van der Waals surface area contributed by atoms with Crippen LogP contribution in [0.1, 0.15) is 26.1 Å². The van der Waals surface area contributed by atoms with E-state index in [1.165, 1.54) is 0 Å². The molecule has 0 aliphatic heterocycles. The molecule has 0 aromatic carbocycles. The van der Waals surface area contributed by atoms with E-state index in [0.717, 1.165) is 18.7 Å². The van der Waals surface area contributed by atoms with Gasteiger partial charge in [0.25, 0.3) is 0 Å². The minimum Gasteiger partial charge on any atom is -0.396 e. The first-order valence-corrected chi connectivity index (χ1v) is 5.83. The van der Waals surface area contributed by atoms with Gasteiger partial charge in [-0.2, -0.15) is 0 Å². The lowest BCUT2D eigenvalue weighted by Gasteiger charge is -2.34. The van der Waals surface area contributed by atoms with E-state index >= 15 is 0 Å². The summed E-state index contributed by atoms with van der Waals surface area (Å²) >= 11 is 0. The molecule has 0 spiro atoms. The Kier molecular flexibility index (Phi) is 4.50. The summed E-state index contributed by atoms with van der Waals surface area (Å²) in [5.41, 5.74) is 5.63. The Morgan fingerprint density at radius 1 is 1.56 bits per heavy atom. The zero-order valence-electron chi connectivity index (χ0n) is 10.5. The van der Waals surface area contributed by atoms with Crippen LogP contribution < -0.4 is 5.73 Å². The monoisotopic (exact) mass is 225 g/mol. The number of imidazole rings is 1. The maximum absolute atomic E-state index is 9.54. The van der Waals surface area contributed by atoms with E-state index in [9.17, 15) is 5.11 Å². The Bertz CT molecular complexity index is 316. The predicted molar refractivity (Wildman–Crippen MR) is 64.9 cm³/mol. The smallest absolute Gasteiger partial charge is 0.108 e. The second kappa shape index (κ2) is 5.46. The maximum atomic E-state index is 9.54. The van der Waals surface area contributed by atoms with Gasteiger partial charge in [-0.3, -0.25) is 0 Å². The normalized spacial score (nSPS) is 15.4. The van der Waals surface area contributed by atoms with Gasteiger partial charge in [0.2, 0.25) is 0 Å². The summed E-state index contributed by atoms with van der Waals surface area (Å²) < 4.78 is 2.01. The number of rotatable bonds is 6. The van der Waals surface area contributed by atoms with Gasteiger partial charge in [0.1, 0.15) is 5.82 Å². The zero-order chi connectivity index (χ0) is 12.2. The van der Waals surface area contributed by atoms with E-state index < -0.39 is 0 Å². The van der Waals surface area contributed by atoms with Crippen LogP contribution in [0.4, 0.5) is 0 Å². The summed E-state index contributed by atoms with van der Waals surface area (Å²) in [6, 6.07) is 0. The standard InChI is InChI=1S/C12H23N3O/c1-10(2)12(8-13,9-16)5-4-11-14-6-7-15(11)3/h6-7,10,16H,4-5,8-9,13H2,1-3H3. The minimum absolute atomic E-state index is 0.144. The van der Waals surface area contributed by atoms with Gasteiger partial charge in [0.15, 0.2) is 0 Å². The van der Waals surface area contributed by atoms with Gasteiger partial charge >= 0.3 is 0 Å². The van der Waals surface area contributed by atoms with Crippen LogP contribution in [0.3, 0.4) is 0 Å². The Balaban J connectivity index is 2.67. The van der Waals surface area contributed by atoms with Crippen LogP contribution in [0.15, 0.2) is 12.4 Å². The quantitative estimate of drug-likeness (QED) is 0.757. The van der Waals surface area contributed by atoms with Gasteiger partial charge in [-0.1, -0.05) is 13.8 Å². The molecule has 0 fully saturated rings. The number of nitrogens with two attached hydrogens (primary N) is 1. The average molecular weight is 225 g/mol. The first kappa shape index (κ1) is 13.2. The van der Waals surface area contributed by atoms with Crippen molar-refractivity contribution in [3.8, 4) is 0 Å². The molecule has 0 radical (unpaired) electrons. The molecule has 4 heteroatoms. The summed E-state index contributed by atoms with van der Waals surface area (Å²) in [4.78, 5) is 4.29. The maximum Gasteiger partial charge on any atom is 0.108 e. The van der Waals surface area contributed by atoms with Crippen LogP contribution in [0.5, 0.6) is 0 Å². The fraction of sp³-hybridized carbons (Fsp3) is 0.750. The van der Waals surface area contributed by atoms with E-state index in [1.807, 2.05) is 17.8 Å². The molecule has 16 heavy (non-hydrogen) atoms. The molecule has 0 aliphatic carbocycles. The van der Waals surface area contributed by atoms with Crippen molar-refractivity contribution in [1.29, 1.82) is 0 Å². The molecule has 1 heterocycles. The van der Waals surface area contributed by atoms with Crippen molar-refractivity contribution in [3.05, 3.63) is 18.2 Å². The first-order valence-electron chi connectivity index (χ1n) is 5.83. The molecule has 1 atom stereocenters. The number of aliphatic hydroxyl groups excluding tert-OH is 1. The van der Waals surface area contributed by atoms with Crippen LogP contribution in [-0.4, -0.2) is 27.8 Å². The third-order valence-electron chi connectivity index (χ3n) is 3.71. The van der Waals surface area contributed by atoms with E-state index in [-0.39, 0.29) is 12.0 Å². The molecule has 0 aliphatic rings. The highest BCUT2D eigenvalue weighted by molar-refractivity contribution is 4.94. The summed E-state index contributed by atoms with van der Waals surface area (Å²) in [7, 11) is 1.99. The van der Waals surface area contributed by atoms with E-state index in [0.29, 0.717) is 12.5 Å². The van der Waals surface area contributed by atoms with Gasteiger partial charge in [0.05, 0.1) is 6.61 Å². The van der Waals surface area contributed by atoms with Crippen LogP contribution in [0.25, 0.3) is 0 Å². The predicted octanol–water partition coefficient (Wildman–Crippen LogP) is 0.946. The SMILES string of the molecule is CC(C)C(CN)(CO)CCc1nccn1C. The largest absolute Gasteiger partial charge is 0.396 e. The number of aryl methyl sites for hydroxylation is 2. The fourth-order valence-corrected chi connectivity index (χ4v) is 1.95. The Morgan fingerprint density at radius 2 is 2.25 bits per heavy atom. The highest BCUT2D eigenvalue weighted by Crippen LogP contribution is 2.31. The van der Waals surface area contributed by atoms with Crippen molar-refractivity contribution in [3.63, 3.8) is 0 Å². The number of aromatic nitrogens is 2. The average Bonchev–Trinajstić information content (AvgIpc) is 2.66. The highest BCUT2D eigenvalue weighted by atomic mass is 16.3. The molecule has 0 amide bonds. The molecule has 1 aromatic rings. The first-order chi connectivity index (χ1) is 7.55. The van der Waals surface area contributed by atoms with Crippen molar-refractivity contribution in [2.24, 2.45) is 24.1 Å². The van der Waals surface area contributed by atoms with Crippen LogP contribution in [0, 0.1) is 11.3 Å². The number of hydrogen-bond donors (Lipinski definition) is 2. The molecule has 0 saturated heterocycles. The van der Waals surface area contributed by atoms with E-state index in [1.54, 1.807) is 6.20 Å². The van der Waals surface area contributed by atoms with Crippen molar-refractivity contribution < 1.29 is 5.11 Å². The minimum atomic E-state index is -0.175. The second-order valence-corrected chi connectivity index (χ2v) is 4.83. The van der Waals surface area contributed by atoms with Gasteiger partial charge < -0.3 is 15.4 Å². The molecule has 3 N–H and O–H groups in total. The summed E-state index contributed by atoms with van der Waals surface area (Å²) in [6.07, 6.45) is 5.48. The second-order valence-electron chi connectivity index (χ2n) is 4.83. The molecule has 1 rings (SSSR count). The van der Waals surface area contributed by atoms with Crippen molar-refractivity contribution in [2.45, 2.75) is 26.7 Å². The number of hydrogen-bond acceptors (Lipinski definition) is 3. The lowest BCUT2D eigenvalue weighted by Crippen LogP contribution is -2.39. The molecular weight excluding hydrogens is 202 g/mol. The Hall–Kier alpha value is -0.870. The van der Waals surface area contributed by atoms with Crippen LogP contribution >= 0.6 is 0 Å². The van der Waals surface area contributed by atoms with Gasteiger partial charge in [-0.25, -0.2) is 4.98 Å². The number of nitrogens with zero attached hydrogens (tertiary/aromatic N) is 2. The molecule has 0 saturated carbocycles. The molecular formula is C12H23N3O. The van der Waals surface area contributed by atoms with Crippen molar-refractivity contribution in [1.82, 2.24) is 9.55 Å². The fourth-order valence-electron chi connectivity index (χ4n) is 1.95. The third kappa shape index (κ3) is 2.62. The Labute approximate surface area is 97.5 Å². The van der Waals surface area contributed by atoms with E-state index in [2.05, 4.69) is 18.8 Å². The van der Waals surface area contributed by atoms with Gasteiger partial charge in [-0.05, 0) is 12.3 Å². The van der Waals surface area contributed by atoms with E-state index in [4.69, 9.17) is 5.73 Å². The summed E-state index contributed by atoms with van der Waals surface area (Å²) in [5.74, 6) is 1.43. The highest BCUT2D eigenvalue weighted by Gasteiger charge is 2.31. The molecule has 0 bridgehead atoms. The topological polar surface area (TPSA) is 64.1 Å². The molecule has 1 unspecified atom stereocenters. The van der Waals surface area contributed by atoms with Gasteiger partial charge in [0, 0.05) is 37.8 Å².